The van der Waals surface area contributed by atoms with Crippen LogP contribution in [0, 0.1) is 5.92 Å². The summed E-state index contributed by atoms with van der Waals surface area (Å²) in [6, 6.07) is 3.53. The van der Waals surface area contributed by atoms with E-state index < -0.39 is 10.0 Å². The topological polar surface area (TPSA) is 69.7 Å². The second kappa shape index (κ2) is 8.42. The van der Waals surface area contributed by atoms with Gasteiger partial charge >= 0.3 is 0 Å². The van der Waals surface area contributed by atoms with E-state index in [4.69, 9.17) is 0 Å². The number of nitrogens with zero attached hydrogens (tertiary/aromatic N) is 2. The minimum Gasteiger partial charge on any atom is -0.312 e. The van der Waals surface area contributed by atoms with Gasteiger partial charge in [0.25, 0.3) is 0 Å². The number of nitrogens with one attached hydrogen (secondary N) is 1. The lowest BCUT2D eigenvalue weighted by Gasteiger charge is -2.20. The Morgan fingerprint density at radius 3 is 2.50 bits per heavy atom. The first-order valence-corrected chi connectivity index (χ1v) is 12.6. The van der Waals surface area contributed by atoms with Gasteiger partial charge in [-0.05, 0) is 78.8 Å². The molecule has 154 valence electrons. The molecule has 2 heterocycles. The highest BCUT2D eigenvalue weighted by atomic mass is 79.9. The number of carbonyl (C=O) groups is 1. The fourth-order valence-electron chi connectivity index (χ4n) is 4.15. The summed E-state index contributed by atoms with van der Waals surface area (Å²) in [5.41, 5.74) is 1.79. The van der Waals surface area contributed by atoms with Gasteiger partial charge in [-0.1, -0.05) is 12.8 Å². The van der Waals surface area contributed by atoms with Gasteiger partial charge in [0.1, 0.15) is 0 Å². The summed E-state index contributed by atoms with van der Waals surface area (Å²) in [5, 5.41) is 0. The lowest BCUT2D eigenvalue weighted by Crippen LogP contribution is -2.35. The standard InChI is InChI=1S/C20H28BrN3O3S/c21-17-13-16-7-11-24(20(25)15-5-6-15)18(16)14-19(17)28(26,27)22-8-12-23-9-3-1-2-4-10-23/h13-15,22H,1-12H2. The molecule has 3 aliphatic rings. The molecule has 1 amide bonds. The fourth-order valence-corrected chi connectivity index (χ4v) is 6.28. The third-order valence-electron chi connectivity index (χ3n) is 5.93. The van der Waals surface area contributed by atoms with Gasteiger partial charge < -0.3 is 9.80 Å². The van der Waals surface area contributed by atoms with Crippen LogP contribution in [-0.4, -0.2) is 51.9 Å². The molecule has 0 aromatic heterocycles. The van der Waals surface area contributed by atoms with Crippen LogP contribution in [0.2, 0.25) is 0 Å². The normalized spacial score (nSPS) is 20.8. The van der Waals surface area contributed by atoms with Crippen LogP contribution in [0.4, 0.5) is 5.69 Å². The zero-order chi connectivity index (χ0) is 19.7. The van der Waals surface area contributed by atoms with E-state index in [1.807, 2.05) is 6.07 Å². The maximum absolute atomic E-state index is 12.9. The van der Waals surface area contributed by atoms with Gasteiger partial charge in [-0.15, -0.1) is 0 Å². The summed E-state index contributed by atoms with van der Waals surface area (Å²) >= 11 is 3.43. The molecule has 0 bridgehead atoms. The molecule has 0 unspecified atom stereocenters. The SMILES string of the molecule is O=C(C1CC1)N1CCc2cc(Br)c(S(=O)(=O)NCCN3CCCCCC3)cc21. The summed E-state index contributed by atoms with van der Waals surface area (Å²) < 4.78 is 29.2. The van der Waals surface area contributed by atoms with Gasteiger partial charge in [-0.25, -0.2) is 13.1 Å². The average Bonchev–Trinajstić information content (AvgIpc) is 3.46. The van der Waals surface area contributed by atoms with E-state index in [1.165, 1.54) is 25.7 Å². The molecule has 8 heteroatoms. The number of halogens is 1. The Labute approximate surface area is 175 Å². The highest BCUT2D eigenvalue weighted by Crippen LogP contribution is 2.39. The summed E-state index contributed by atoms with van der Waals surface area (Å²) in [6.07, 6.45) is 7.58. The number of hydrogen-bond acceptors (Lipinski definition) is 4. The Kier molecular flexibility index (Phi) is 6.11. The van der Waals surface area contributed by atoms with Crippen molar-refractivity contribution in [3.05, 3.63) is 22.2 Å². The molecule has 1 saturated carbocycles. The van der Waals surface area contributed by atoms with E-state index in [2.05, 4.69) is 25.6 Å². The second-order valence-electron chi connectivity index (χ2n) is 8.08. The minimum absolute atomic E-state index is 0.126. The predicted molar refractivity (Wildman–Crippen MR) is 113 cm³/mol. The van der Waals surface area contributed by atoms with Gasteiger partial charge in [0.15, 0.2) is 0 Å². The minimum atomic E-state index is -3.64. The number of amides is 1. The van der Waals surface area contributed by atoms with Gasteiger partial charge in [0, 0.05) is 35.7 Å². The quantitative estimate of drug-likeness (QED) is 0.695. The van der Waals surface area contributed by atoms with Crippen LogP contribution in [0.25, 0.3) is 0 Å². The molecule has 0 atom stereocenters. The fraction of sp³-hybridized carbons (Fsp3) is 0.650. The van der Waals surface area contributed by atoms with Crippen molar-refractivity contribution in [2.75, 3.05) is 37.6 Å². The third kappa shape index (κ3) is 4.45. The zero-order valence-corrected chi connectivity index (χ0v) is 18.5. The van der Waals surface area contributed by atoms with Crippen LogP contribution in [0.3, 0.4) is 0 Å². The van der Waals surface area contributed by atoms with Gasteiger partial charge in [0.2, 0.25) is 15.9 Å². The van der Waals surface area contributed by atoms with E-state index in [9.17, 15) is 13.2 Å². The molecule has 0 radical (unpaired) electrons. The van der Waals surface area contributed by atoms with Crippen molar-refractivity contribution in [2.45, 2.75) is 49.8 Å². The molecule has 28 heavy (non-hydrogen) atoms. The molecule has 2 fully saturated rings. The molecule has 1 saturated heterocycles. The van der Waals surface area contributed by atoms with Crippen molar-refractivity contribution in [3.63, 3.8) is 0 Å². The number of sulfonamides is 1. The van der Waals surface area contributed by atoms with Crippen molar-refractivity contribution in [3.8, 4) is 0 Å². The largest absolute Gasteiger partial charge is 0.312 e. The molecule has 2 aliphatic heterocycles. The predicted octanol–water partition coefficient (Wildman–Crippen LogP) is 2.90. The van der Waals surface area contributed by atoms with Crippen LogP contribution in [0.1, 0.15) is 44.1 Å². The Bertz CT molecular complexity index is 846. The van der Waals surface area contributed by atoms with Crippen LogP contribution in [0.15, 0.2) is 21.5 Å². The molecule has 1 aromatic rings. The van der Waals surface area contributed by atoms with Gasteiger partial charge in [-0.3, -0.25) is 4.79 Å². The van der Waals surface area contributed by atoms with E-state index >= 15 is 0 Å². The van der Waals surface area contributed by atoms with Crippen LogP contribution >= 0.6 is 15.9 Å². The van der Waals surface area contributed by atoms with Crippen LogP contribution in [0.5, 0.6) is 0 Å². The molecule has 6 nitrogen and oxygen atoms in total. The van der Waals surface area contributed by atoms with E-state index in [-0.39, 0.29) is 16.7 Å². The van der Waals surface area contributed by atoms with E-state index in [0.717, 1.165) is 50.1 Å². The lowest BCUT2D eigenvalue weighted by atomic mass is 10.2. The van der Waals surface area contributed by atoms with Crippen molar-refractivity contribution in [2.24, 2.45) is 5.92 Å². The maximum atomic E-state index is 12.9. The van der Waals surface area contributed by atoms with Crippen LogP contribution in [-0.2, 0) is 21.2 Å². The first kappa shape index (κ1) is 20.3. The Hall–Kier alpha value is -0.960. The Morgan fingerprint density at radius 1 is 1.11 bits per heavy atom. The number of carbonyl (C=O) groups excluding carboxylic acids is 1. The number of anilines is 1. The van der Waals surface area contributed by atoms with Crippen molar-refractivity contribution < 1.29 is 13.2 Å². The van der Waals surface area contributed by atoms with Crippen LogP contribution < -0.4 is 9.62 Å². The molecule has 1 N–H and O–H groups in total. The number of fused-ring (bicyclic) bond motifs is 1. The zero-order valence-electron chi connectivity index (χ0n) is 16.1. The molecular formula is C20H28BrN3O3S. The average molecular weight is 470 g/mol. The highest BCUT2D eigenvalue weighted by molar-refractivity contribution is 9.10. The number of hydrogen-bond donors (Lipinski definition) is 1. The van der Waals surface area contributed by atoms with Crippen molar-refractivity contribution in [1.29, 1.82) is 0 Å². The molecule has 1 aromatic carbocycles. The second-order valence-corrected chi connectivity index (χ2v) is 10.7. The monoisotopic (exact) mass is 469 g/mol. The number of rotatable bonds is 6. The Morgan fingerprint density at radius 2 is 1.82 bits per heavy atom. The van der Waals surface area contributed by atoms with Crippen molar-refractivity contribution in [1.82, 2.24) is 9.62 Å². The summed E-state index contributed by atoms with van der Waals surface area (Å²) in [7, 11) is -3.64. The summed E-state index contributed by atoms with van der Waals surface area (Å²) in [4.78, 5) is 16.9. The molecule has 4 rings (SSSR count). The number of benzene rings is 1. The van der Waals surface area contributed by atoms with Gasteiger partial charge in [0.05, 0.1) is 4.90 Å². The van der Waals surface area contributed by atoms with Crippen molar-refractivity contribution >= 4 is 37.5 Å². The maximum Gasteiger partial charge on any atom is 0.241 e. The highest BCUT2D eigenvalue weighted by Gasteiger charge is 2.37. The number of likely N-dealkylation sites (tertiary alicyclic amines) is 1. The summed E-state index contributed by atoms with van der Waals surface area (Å²) in [5.74, 6) is 0.264. The first-order valence-electron chi connectivity index (χ1n) is 10.3. The Balaban J connectivity index is 1.46. The molecule has 1 aliphatic carbocycles. The smallest absolute Gasteiger partial charge is 0.241 e. The molecular weight excluding hydrogens is 442 g/mol. The van der Waals surface area contributed by atoms with E-state index in [1.54, 1.807) is 11.0 Å². The lowest BCUT2D eigenvalue weighted by molar-refractivity contribution is -0.119. The van der Waals surface area contributed by atoms with Gasteiger partial charge in [-0.2, -0.15) is 0 Å². The first-order chi connectivity index (χ1) is 13.5. The molecule has 0 spiro atoms. The van der Waals surface area contributed by atoms with E-state index in [0.29, 0.717) is 17.6 Å². The third-order valence-corrected chi connectivity index (χ3v) is 8.35. The summed E-state index contributed by atoms with van der Waals surface area (Å²) in [6.45, 7) is 3.86.